The number of hydrogen-bond donors (Lipinski definition) is 1. The Morgan fingerprint density at radius 3 is 2.83 bits per heavy atom. The molecule has 0 aliphatic carbocycles. The maximum atomic E-state index is 13.8. The minimum atomic E-state index is -0.440. The Bertz CT molecular complexity index is 407. The lowest BCUT2D eigenvalue weighted by atomic mass is 10.0. The molecule has 0 bridgehead atoms. The zero-order valence-electron chi connectivity index (χ0n) is 11.1. The molecule has 18 heavy (non-hydrogen) atoms. The van der Waals surface area contributed by atoms with Crippen LogP contribution >= 0.6 is 0 Å². The van der Waals surface area contributed by atoms with E-state index in [-0.39, 0.29) is 24.0 Å². The van der Waals surface area contributed by atoms with E-state index >= 15 is 0 Å². The SMILES string of the molecule is CCNC(C)CC(=O)Cc1cccc(OC)c1F. The van der Waals surface area contributed by atoms with E-state index in [9.17, 15) is 9.18 Å². The Morgan fingerprint density at radius 2 is 2.22 bits per heavy atom. The van der Waals surface area contributed by atoms with Crippen LogP contribution in [0.2, 0.25) is 0 Å². The summed E-state index contributed by atoms with van der Waals surface area (Å²) in [5.74, 6) is -0.236. The van der Waals surface area contributed by atoms with Gasteiger partial charge in [0.1, 0.15) is 5.78 Å². The lowest BCUT2D eigenvalue weighted by Gasteiger charge is -2.11. The highest BCUT2D eigenvalue weighted by Gasteiger charge is 2.14. The number of ketones is 1. The third-order valence-electron chi connectivity index (χ3n) is 2.74. The first-order valence-corrected chi connectivity index (χ1v) is 6.15. The van der Waals surface area contributed by atoms with Crippen LogP contribution in [-0.4, -0.2) is 25.5 Å². The fourth-order valence-electron chi connectivity index (χ4n) is 1.90. The lowest BCUT2D eigenvalue weighted by molar-refractivity contribution is -0.118. The maximum absolute atomic E-state index is 13.8. The van der Waals surface area contributed by atoms with E-state index in [4.69, 9.17) is 4.74 Å². The Balaban J connectivity index is 2.64. The van der Waals surface area contributed by atoms with Crippen LogP contribution in [0.15, 0.2) is 18.2 Å². The standard InChI is InChI=1S/C14H20FNO2/c1-4-16-10(2)8-12(17)9-11-6-5-7-13(18-3)14(11)15/h5-7,10,16H,4,8-9H2,1-3H3. The van der Waals surface area contributed by atoms with Crippen LogP contribution in [0.4, 0.5) is 4.39 Å². The van der Waals surface area contributed by atoms with Gasteiger partial charge >= 0.3 is 0 Å². The summed E-state index contributed by atoms with van der Waals surface area (Å²) >= 11 is 0. The lowest BCUT2D eigenvalue weighted by Crippen LogP contribution is -2.28. The number of halogens is 1. The van der Waals surface area contributed by atoms with Crippen LogP contribution in [0.5, 0.6) is 5.75 Å². The molecule has 1 aromatic rings. The zero-order valence-corrected chi connectivity index (χ0v) is 11.1. The molecule has 0 saturated carbocycles. The first-order chi connectivity index (χ1) is 8.58. The molecule has 1 atom stereocenters. The van der Waals surface area contributed by atoms with Crippen molar-refractivity contribution >= 4 is 5.78 Å². The maximum Gasteiger partial charge on any atom is 0.168 e. The zero-order chi connectivity index (χ0) is 13.5. The molecule has 1 rings (SSSR count). The molecular formula is C14H20FNO2. The van der Waals surface area contributed by atoms with Crippen molar-refractivity contribution in [1.29, 1.82) is 0 Å². The van der Waals surface area contributed by atoms with Gasteiger partial charge in [-0.15, -0.1) is 0 Å². The van der Waals surface area contributed by atoms with E-state index < -0.39 is 5.82 Å². The number of hydrogen-bond acceptors (Lipinski definition) is 3. The number of rotatable bonds is 7. The van der Waals surface area contributed by atoms with Gasteiger partial charge < -0.3 is 10.1 Å². The molecular weight excluding hydrogens is 233 g/mol. The van der Waals surface area contributed by atoms with Crippen molar-refractivity contribution in [2.45, 2.75) is 32.7 Å². The van der Waals surface area contributed by atoms with E-state index in [0.717, 1.165) is 6.54 Å². The first-order valence-electron chi connectivity index (χ1n) is 6.15. The molecule has 0 spiro atoms. The molecule has 0 aliphatic heterocycles. The predicted molar refractivity (Wildman–Crippen MR) is 69.4 cm³/mol. The first kappa shape index (κ1) is 14.6. The number of ether oxygens (including phenoxy) is 1. The molecule has 3 nitrogen and oxygen atoms in total. The Labute approximate surface area is 107 Å². The molecule has 0 saturated heterocycles. The van der Waals surface area contributed by atoms with E-state index in [2.05, 4.69) is 5.32 Å². The highest BCUT2D eigenvalue weighted by Crippen LogP contribution is 2.20. The summed E-state index contributed by atoms with van der Waals surface area (Å²) in [7, 11) is 1.41. The predicted octanol–water partition coefficient (Wildman–Crippen LogP) is 2.33. The van der Waals surface area contributed by atoms with Gasteiger partial charge in [-0.05, 0) is 25.1 Å². The smallest absolute Gasteiger partial charge is 0.168 e. The number of carbonyl (C=O) groups excluding carboxylic acids is 1. The van der Waals surface area contributed by atoms with Crippen LogP contribution < -0.4 is 10.1 Å². The van der Waals surface area contributed by atoms with Crippen LogP contribution in [0.25, 0.3) is 0 Å². The summed E-state index contributed by atoms with van der Waals surface area (Å²) in [6, 6.07) is 4.98. The third-order valence-corrected chi connectivity index (χ3v) is 2.74. The minimum absolute atomic E-state index is 0.0237. The van der Waals surface area contributed by atoms with Gasteiger partial charge in [0.2, 0.25) is 0 Å². The van der Waals surface area contributed by atoms with Gasteiger partial charge in [0.15, 0.2) is 11.6 Å². The largest absolute Gasteiger partial charge is 0.494 e. The topological polar surface area (TPSA) is 38.3 Å². The van der Waals surface area contributed by atoms with Crippen molar-refractivity contribution in [3.63, 3.8) is 0 Å². The van der Waals surface area contributed by atoms with Gasteiger partial charge in [0, 0.05) is 18.9 Å². The minimum Gasteiger partial charge on any atom is -0.494 e. The molecule has 0 amide bonds. The summed E-state index contributed by atoms with van der Waals surface area (Å²) in [6.07, 6.45) is 0.517. The van der Waals surface area contributed by atoms with Gasteiger partial charge in [-0.2, -0.15) is 0 Å². The number of nitrogens with one attached hydrogen (secondary N) is 1. The summed E-state index contributed by atoms with van der Waals surface area (Å²) in [6.45, 7) is 4.76. The summed E-state index contributed by atoms with van der Waals surface area (Å²) in [4.78, 5) is 11.8. The van der Waals surface area contributed by atoms with Crippen LogP contribution in [-0.2, 0) is 11.2 Å². The Morgan fingerprint density at radius 1 is 1.50 bits per heavy atom. The second-order valence-corrected chi connectivity index (χ2v) is 4.31. The second kappa shape index (κ2) is 7.11. The Hall–Kier alpha value is -1.42. The molecule has 100 valence electrons. The molecule has 1 unspecified atom stereocenters. The van der Waals surface area contributed by atoms with Crippen LogP contribution in [0.1, 0.15) is 25.8 Å². The van der Waals surface area contributed by atoms with E-state index in [1.54, 1.807) is 18.2 Å². The average molecular weight is 253 g/mol. The van der Waals surface area contributed by atoms with Crippen molar-refractivity contribution in [1.82, 2.24) is 5.32 Å². The van der Waals surface area contributed by atoms with Gasteiger partial charge in [-0.1, -0.05) is 19.1 Å². The molecule has 0 fully saturated rings. The number of methoxy groups -OCH3 is 1. The molecule has 1 N–H and O–H groups in total. The molecule has 0 heterocycles. The van der Waals surface area contributed by atoms with Gasteiger partial charge in [0.25, 0.3) is 0 Å². The van der Waals surface area contributed by atoms with Gasteiger partial charge in [0.05, 0.1) is 7.11 Å². The van der Waals surface area contributed by atoms with Gasteiger partial charge in [-0.3, -0.25) is 4.79 Å². The van der Waals surface area contributed by atoms with Crippen LogP contribution in [0, 0.1) is 5.82 Å². The molecule has 0 aromatic heterocycles. The van der Waals surface area contributed by atoms with E-state index in [1.165, 1.54) is 7.11 Å². The molecule has 0 aliphatic rings. The van der Waals surface area contributed by atoms with Gasteiger partial charge in [-0.25, -0.2) is 4.39 Å². The summed E-state index contributed by atoms with van der Waals surface area (Å²) < 4.78 is 18.7. The third kappa shape index (κ3) is 4.11. The number of carbonyl (C=O) groups is 1. The fraction of sp³-hybridized carbons (Fsp3) is 0.500. The highest BCUT2D eigenvalue weighted by molar-refractivity contribution is 5.81. The van der Waals surface area contributed by atoms with Crippen molar-refractivity contribution in [2.75, 3.05) is 13.7 Å². The second-order valence-electron chi connectivity index (χ2n) is 4.31. The number of benzene rings is 1. The average Bonchev–Trinajstić information content (AvgIpc) is 2.32. The van der Waals surface area contributed by atoms with Crippen molar-refractivity contribution < 1.29 is 13.9 Å². The van der Waals surface area contributed by atoms with Crippen molar-refractivity contribution in [3.8, 4) is 5.75 Å². The monoisotopic (exact) mass is 253 g/mol. The molecule has 4 heteroatoms. The number of Topliss-reactive ketones (excluding diaryl/α,β-unsaturated/α-hetero) is 1. The Kier molecular flexibility index (Phi) is 5.78. The van der Waals surface area contributed by atoms with E-state index in [0.29, 0.717) is 12.0 Å². The summed E-state index contributed by atoms with van der Waals surface area (Å²) in [5, 5.41) is 3.16. The normalized spacial score (nSPS) is 12.2. The highest BCUT2D eigenvalue weighted by atomic mass is 19.1. The molecule has 1 aromatic carbocycles. The van der Waals surface area contributed by atoms with Crippen molar-refractivity contribution in [2.24, 2.45) is 0 Å². The molecule has 0 radical (unpaired) electrons. The quantitative estimate of drug-likeness (QED) is 0.810. The fourth-order valence-corrected chi connectivity index (χ4v) is 1.90. The van der Waals surface area contributed by atoms with E-state index in [1.807, 2.05) is 13.8 Å². The van der Waals surface area contributed by atoms with Crippen LogP contribution in [0.3, 0.4) is 0 Å². The van der Waals surface area contributed by atoms with Crippen molar-refractivity contribution in [3.05, 3.63) is 29.6 Å². The summed E-state index contributed by atoms with van der Waals surface area (Å²) in [5.41, 5.74) is 0.392.